The second-order valence-corrected chi connectivity index (χ2v) is 21.9. The van der Waals surface area contributed by atoms with Crippen LogP contribution in [0.5, 0.6) is 0 Å². The molecule has 9 fully saturated rings. The van der Waals surface area contributed by atoms with Crippen molar-refractivity contribution >= 4 is 23.5 Å². The standard InChI is InChI=1S/C46H68N8S2/c1-3-13-27(14-4-1)25-55-37-23-35-36(24-38(37)56-26-28-15-5-2-6-16-28)46-53-44-34-22-12-10-20-32(34)42(51-44)49-40-30-18-8-7-17-29(30)39(47-40)48-41-31-19-9-11-21-33(31)43(50-41)52-45(35)54-46/h1-6,13-16,29-54H,7-12,17-26H2. The van der Waals surface area contributed by atoms with Crippen LogP contribution >= 0.6 is 23.5 Å². The van der Waals surface area contributed by atoms with Gasteiger partial charge in [0.2, 0.25) is 0 Å². The highest BCUT2D eigenvalue weighted by Crippen LogP contribution is 2.49. The lowest BCUT2D eigenvalue weighted by Crippen LogP contribution is -2.61. The van der Waals surface area contributed by atoms with E-state index in [0.29, 0.717) is 107 Å². The Bertz CT molecular complexity index is 1490. The minimum atomic E-state index is 0.304. The van der Waals surface area contributed by atoms with Crippen molar-refractivity contribution in [3.63, 3.8) is 0 Å². The van der Waals surface area contributed by atoms with Crippen LogP contribution in [0.4, 0.5) is 0 Å². The third-order valence-electron chi connectivity index (χ3n) is 16.5. The first kappa shape index (κ1) is 37.8. The minimum absolute atomic E-state index is 0.304. The number of thioether (sulfide) groups is 2. The fraction of sp³-hybridized carbons (Fsp3) is 0.739. The zero-order chi connectivity index (χ0) is 37.0. The van der Waals surface area contributed by atoms with Gasteiger partial charge in [-0.3, -0.25) is 42.5 Å². The molecule has 5 aliphatic heterocycles. The maximum Gasteiger partial charge on any atom is 0.0628 e. The summed E-state index contributed by atoms with van der Waals surface area (Å²) in [5, 5.41) is 35.9. The van der Waals surface area contributed by atoms with E-state index in [-0.39, 0.29) is 0 Å². The van der Waals surface area contributed by atoms with Crippen LogP contribution in [0, 0.1) is 47.3 Å². The Kier molecular flexibility index (Phi) is 11.3. The summed E-state index contributed by atoms with van der Waals surface area (Å²) in [4.78, 5) is 0. The van der Waals surface area contributed by atoms with Gasteiger partial charge in [0, 0.05) is 22.0 Å². The Balaban J connectivity index is 0.910. The number of nitrogens with one attached hydrogen (secondary N) is 8. The Morgan fingerprint density at radius 1 is 0.339 bits per heavy atom. The monoisotopic (exact) mass is 797 g/mol. The number of hydrogen-bond acceptors (Lipinski definition) is 10. The summed E-state index contributed by atoms with van der Waals surface area (Å²) in [5.41, 5.74) is 2.92. The van der Waals surface area contributed by atoms with Gasteiger partial charge in [-0.1, -0.05) is 99.2 Å². The molecular weight excluding hydrogens is 729 g/mol. The molecule has 18 unspecified atom stereocenters. The molecule has 2 aromatic carbocycles. The topological polar surface area (TPSA) is 96.2 Å². The van der Waals surface area contributed by atoms with Crippen LogP contribution in [0.2, 0.25) is 0 Å². The van der Waals surface area contributed by atoms with Gasteiger partial charge in [0.1, 0.15) is 0 Å². The molecule has 0 amide bonds. The Hall–Kier alpha value is -1.18. The molecule has 304 valence electrons. The van der Waals surface area contributed by atoms with Gasteiger partial charge in [0.25, 0.3) is 0 Å². The van der Waals surface area contributed by atoms with Gasteiger partial charge < -0.3 is 0 Å². The van der Waals surface area contributed by atoms with E-state index >= 15 is 0 Å². The van der Waals surface area contributed by atoms with E-state index in [4.69, 9.17) is 0 Å². The van der Waals surface area contributed by atoms with Crippen molar-refractivity contribution in [2.75, 3.05) is 0 Å². The van der Waals surface area contributed by atoms with Crippen LogP contribution < -0.4 is 42.5 Å². The van der Waals surface area contributed by atoms with Crippen molar-refractivity contribution in [2.45, 2.75) is 161 Å². The summed E-state index contributed by atoms with van der Waals surface area (Å²) >= 11 is 4.48. The number of benzene rings is 2. The van der Waals surface area contributed by atoms with E-state index < -0.39 is 0 Å². The van der Waals surface area contributed by atoms with Crippen molar-refractivity contribution in [1.82, 2.24) is 42.5 Å². The summed E-state index contributed by atoms with van der Waals surface area (Å²) in [5.74, 6) is 7.57. The van der Waals surface area contributed by atoms with E-state index in [1.54, 1.807) is 0 Å². The van der Waals surface area contributed by atoms with E-state index in [9.17, 15) is 0 Å². The molecule has 18 atom stereocenters. The van der Waals surface area contributed by atoms with Crippen molar-refractivity contribution in [2.24, 2.45) is 47.3 Å². The first-order valence-corrected chi connectivity index (χ1v) is 25.2. The molecule has 8 N–H and O–H groups in total. The van der Waals surface area contributed by atoms with E-state index in [0.717, 1.165) is 11.5 Å². The molecule has 2 aromatic rings. The number of rotatable bonds is 6. The molecule has 8 nitrogen and oxygen atoms in total. The molecule has 5 heterocycles. The molecule has 11 rings (SSSR count). The van der Waals surface area contributed by atoms with Gasteiger partial charge in [-0.25, -0.2) is 0 Å². The summed E-state index contributed by atoms with van der Waals surface area (Å²) in [6, 6.07) is 22.5. The average Bonchev–Trinajstić information content (AvgIpc) is 3.98. The Morgan fingerprint density at radius 3 is 0.857 bits per heavy atom. The molecule has 10 heteroatoms. The molecule has 56 heavy (non-hydrogen) atoms. The van der Waals surface area contributed by atoms with Crippen molar-refractivity contribution in [3.05, 3.63) is 71.8 Å². The van der Waals surface area contributed by atoms with E-state index in [1.165, 1.54) is 101 Å². The first-order chi connectivity index (χ1) is 27.7. The van der Waals surface area contributed by atoms with Gasteiger partial charge in [-0.15, -0.1) is 0 Å². The first-order valence-electron chi connectivity index (χ1n) is 23.1. The van der Waals surface area contributed by atoms with Gasteiger partial charge in [0.15, 0.2) is 0 Å². The second kappa shape index (κ2) is 16.7. The zero-order valence-electron chi connectivity index (χ0n) is 33.3. The SMILES string of the molecule is c1ccc(CSC2CC3C4NC5NC(NC6NC(NC7NC(NC(N4)C3CC2SCc2ccccc2)C2CCCCC72)C2CCCCC62)C2CCCCC52)cc1. The van der Waals surface area contributed by atoms with Gasteiger partial charge >= 0.3 is 0 Å². The summed E-state index contributed by atoms with van der Waals surface area (Å²) in [6.45, 7) is 0. The van der Waals surface area contributed by atoms with Crippen LogP contribution in [0.25, 0.3) is 0 Å². The Morgan fingerprint density at radius 2 is 0.589 bits per heavy atom. The molecule has 8 bridgehead atoms. The third-order valence-corrected chi connectivity index (χ3v) is 19.6. The molecule has 9 aliphatic rings. The lowest BCUT2D eigenvalue weighted by atomic mass is 9.76. The fourth-order valence-electron chi connectivity index (χ4n) is 13.8. The van der Waals surface area contributed by atoms with E-state index in [2.05, 4.69) is 127 Å². The predicted octanol–water partition coefficient (Wildman–Crippen LogP) is 6.43. The van der Waals surface area contributed by atoms with Crippen LogP contribution in [0.1, 0.15) is 101 Å². The molecule has 0 radical (unpaired) electrons. The molecule has 0 aromatic heterocycles. The molecular formula is C46H68N8S2. The largest absolute Gasteiger partial charge is 0.286 e. The quantitative estimate of drug-likeness (QED) is 0.167. The van der Waals surface area contributed by atoms with Crippen molar-refractivity contribution < 1.29 is 0 Å². The fourth-order valence-corrected chi connectivity index (χ4v) is 16.9. The van der Waals surface area contributed by atoms with Gasteiger partial charge in [0.05, 0.1) is 49.3 Å². The second-order valence-electron chi connectivity index (χ2n) is 19.5. The minimum Gasteiger partial charge on any atom is -0.286 e. The normalized spacial score (nSPS) is 47.1. The molecule has 4 aliphatic carbocycles. The van der Waals surface area contributed by atoms with E-state index in [1.807, 2.05) is 0 Å². The predicted molar refractivity (Wildman–Crippen MR) is 231 cm³/mol. The third kappa shape index (κ3) is 7.47. The highest BCUT2D eigenvalue weighted by molar-refractivity contribution is 8.03. The maximum absolute atomic E-state index is 4.41. The Labute approximate surface area is 344 Å². The van der Waals surface area contributed by atoms with Crippen LogP contribution in [-0.4, -0.2) is 59.8 Å². The smallest absolute Gasteiger partial charge is 0.0628 e. The average molecular weight is 797 g/mol. The van der Waals surface area contributed by atoms with Crippen molar-refractivity contribution in [1.29, 1.82) is 0 Å². The molecule has 5 saturated heterocycles. The van der Waals surface area contributed by atoms with Crippen molar-refractivity contribution in [3.8, 4) is 0 Å². The van der Waals surface area contributed by atoms with Gasteiger partial charge in [-0.05, 0) is 110 Å². The lowest BCUT2D eigenvalue weighted by molar-refractivity contribution is 0.169. The zero-order valence-corrected chi connectivity index (χ0v) is 34.9. The maximum atomic E-state index is 4.41. The highest BCUT2D eigenvalue weighted by Gasteiger charge is 2.55. The summed E-state index contributed by atoms with van der Waals surface area (Å²) in [7, 11) is 0. The van der Waals surface area contributed by atoms with Crippen LogP contribution in [-0.2, 0) is 11.5 Å². The lowest BCUT2D eigenvalue weighted by Gasteiger charge is -2.41. The summed E-state index contributed by atoms with van der Waals surface area (Å²) in [6.07, 6.45) is 21.7. The van der Waals surface area contributed by atoms with Gasteiger partial charge in [-0.2, -0.15) is 23.5 Å². The number of hydrogen-bond donors (Lipinski definition) is 8. The highest BCUT2D eigenvalue weighted by atomic mass is 32.2. The van der Waals surface area contributed by atoms with Crippen LogP contribution in [0.15, 0.2) is 60.7 Å². The molecule has 4 saturated carbocycles. The number of fused-ring (bicyclic) bond motifs is 20. The molecule has 0 spiro atoms. The van der Waals surface area contributed by atoms with Crippen LogP contribution in [0.3, 0.4) is 0 Å². The summed E-state index contributed by atoms with van der Waals surface area (Å²) < 4.78 is 0.